The van der Waals surface area contributed by atoms with Crippen LogP contribution in [0.1, 0.15) is 5.56 Å². The van der Waals surface area contributed by atoms with Crippen molar-refractivity contribution in [3.63, 3.8) is 0 Å². The summed E-state index contributed by atoms with van der Waals surface area (Å²) in [4.78, 5) is 22.8. The van der Waals surface area contributed by atoms with Crippen LogP contribution in [-0.4, -0.2) is 24.9 Å². The quantitative estimate of drug-likeness (QED) is 0.390. The summed E-state index contributed by atoms with van der Waals surface area (Å²) in [5.41, 5.74) is 8.11. The van der Waals surface area contributed by atoms with Gasteiger partial charge >= 0.3 is 0 Å². The van der Waals surface area contributed by atoms with Crippen LogP contribution < -0.4 is 0 Å². The van der Waals surface area contributed by atoms with Crippen LogP contribution >= 0.6 is 0 Å². The monoisotopic (exact) mass is 401 g/mol. The molecule has 0 N–H and O–H groups in total. The molecule has 31 heavy (non-hydrogen) atoms. The molecular formula is C26H19N5. The van der Waals surface area contributed by atoms with Crippen LogP contribution in [0.5, 0.6) is 0 Å². The Labute approximate surface area is 180 Å². The molecule has 5 heterocycles. The fraction of sp³-hybridized carbons (Fsp3) is 0.0385. The first kappa shape index (κ1) is 18.8. The summed E-state index contributed by atoms with van der Waals surface area (Å²) in [5.74, 6) is 0. The highest BCUT2D eigenvalue weighted by Crippen LogP contribution is 2.30. The number of rotatable bonds is 4. The van der Waals surface area contributed by atoms with Crippen LogP contribution in [-0.2, 0) is 0 Å². The summed E-state index contributed by atoms with van der Waals surface area (Å²) in [6.07, 6.45) is 7.18. The molecule has 0 unspecified atom stereocenters. The first-order valence-electron chi connectivity index (χ1n) is 10.0. The lowest BCUT2D eigenvalue weighted by Crippen LogP contribution is -1.94. The predicted octanol–water partition coefficient (Wildman–Crippen LogP) is 5.64. The Hall–Kier alpha value is -4.25. The smallest absolute Gasteiger partial charge is 0.0900 e. The summed E-state index contributed by atoms with van der Waals surface area (Å²) in [5, 5.41) is 0. The SMILES string of the molecule is Cc1ccnc(-c2cc(-c3cc(-c4ccccn4)nc(-c4ccccn4)c3)ccn2)c1. The van der Waals surface area contributed by atoms with Crippen molar-refractivity contribution in [1.29, 1.82) is 0 Å². The summed E-state index contributed by atoms with van der Waals surface area (Å²) in [6.45, 7) is 2.05. The zero-order valence-electron chi connectivity index (χ0n) is 17.0. The molecule has 148 valence electrons. The molecule has 0 spiro atoms. The number of pyridine rings is 5. The van der Waals surface area contributed by atoms with E-state index in [9.17, 15) is 0 Å². The lowest BCUT2D eigenvalue weighted by atomic mass is 10.0. The molecule has 0 aliphatic carbocycles. The molecule has 0 aliphatic heterocycles. The largest absolute Gasteiger partial charge is 0.255 e. The van der Waals surface area contributed by atoms with E-state index in [2.05, 4.69) is 45.1 Å². The lowest BCUT2D eigenvalue weighted by Gasteiger charge is -2.10. The van der Waals surface area contributed by atoms with Gasteiger partial charge in [-0.25, -0.2) is 4.98 Å². The maximum absolute atomic E-state index is 4.84. The second kappa shape index (κ2) is 8.24. The maximum Gasteiger partial charge on any atom is 0.0900 e. The van der Waals surface area contributed by atoms with Gasteiger partial charge in [-0.05, 0) is 84.3 Å². The van der Waals surface area contributed by atoms with Crippen LogP contribution in [0.2, 0.25) is 0 Å². The lowest BCUT2D eigenvalue weighted by molar-refractivity contribution is 1.21. The average Bonchev–Trinajstić information content (AvgIpc) is 2.85. The van der Waals surface area contributed by atoms with Crippen molar-refractivity contribution in [2.75, 3.05) is 0 Å². The molecule has 5 nitrogen and oxygen atoms in total. The predicted molar refractivity (Wildman–Crippen MR) is 122 cm³/mol. The van der Waals surface area contributed by atoms with E-state index in [4.69, 9.17) is 4.98 Å². The average molecular weight is 401 g/mol. The third-order valence-corrected chi connectivity index (χ3v) is 4.95. The molecule has 0 amide bonds. The van der Waals surface area contributed by atoms with Gasteiger partial charge in [-0.2, -0.15) is 0 Å². The molecule has 5 rings (SSSR count). The number of hydrogen-bond acceptors (Lipinski definition) is 5. The van der Waals surface area contributed by atoms with Crippen LogP contribution in [0.25, 0.3) is 45.3 Å². The summed E-state index contributed by atoms with van der Waals surface area (Å²) < 4.78 is 0. The third kappa shape index (κ3) is 4.07. The van der Waals surface area contributed by atoms with Gasteiger partial charge in [0.2, 0.25) is 0 Å². The molecule has 0 radical (unpaired) electrons. The van der Waals surface area contributed by atoms with Crippen molar-refractivity contribution in [1.82, 2.24) is 24.9 Å². The number of aryl methyl sites for hydroxylation is 1. The molecule has 0 atom stereocenters. The summed E-state index contributed by atoms with van der Waals surface area (Å²) >= 11 is 0. The van der Waals surface area contributed by atoms with Crippen LogP contribution in [0.15, 0.2) is 97.6 Å². The highest BCUT2D eigenvalue weighted by Gasteiger charge is 2.11. The molecule has 0 saturated carbocycles. The van der Waals surface area contributed by atoms with Crippen LogP contribution in [0.4, 0.5) is 0 Å². The third-order valence-electron chi connectivity index (χ3n) is 4.95. The second-order valence-electron chi connectivity index (χ2n) is 7.20. The van der Waals surface area contributed by atoms with Gasteiger partial charge in [0.05, 0.1) is 34.2 Å². The van der Waals surface area contributed by atoms with Gasteiger partial charge in [0, 0.05) is 24.8 Å². The fourth-order valence-corrected chi connectivity index (χ4v) is 3.41. The van der Waals surface area contributed by atoms with E-state index in [1.54, 1.807) is 12.4 Å². The Morgan fingerprint density at radius 1 is 0.452 bits per heavy atom. The number of nitrogens with zero attached hydrogens (tertiary/aromatic N) is 5. The Bertz CT molecular complexity index is 1280. The molecular weight excluding hydrogens is 382 g/mol. The van der Waals surface area contributed by atoms with Crippen molar-refractivity contribution < 1.29 is 0 Å². The van der Waals surface area contributed by atoms with Crippen molar-refractivity contribution in [3.8, 4) is 45.3 Å². The van der Waals surface area contributed by atoms with E-state index < -0.39 is 0 Å². The van der Waals surface area contributed by atoms with E-state index in [1.165, 1.54) is 0 Å². The van der Waals surface area contributed by atoms with Gasteiger partial charge in [-0.15, -0.1) is 0 Å². The fourth-order valence-electron chi connectivity index (χ4n) is 3.41. The Kier molecular flexibility index (Phi) is 4.99. The Morgan fingerprint density at radius 3 is 1.58 bits per heavy atom. The minimum atomic E-state index is 0.797. The highest BCUT2D eigenvalue weighted by atomic mass is 14.8. The van der Waals surface area contributed by atoms with Crippen LogP contribution in [0.3, 0.4) is 0 Å². The van der Waals surface area contributed by atoms with Gasteiger partial charge in [0.15, 0.2) is 0 Å². The van der Waals surface area contributed by atoms with E-state index >= 15 is 0 Å². The van der Waals surface area contributed by atoms with Crippen molar-refractivity contribution in [3.05, 3.63) is 103 Å². The zero-order valence-corrected chi connectivity index (χ0v) is 17.0. The van der Waals surface area contributed by atoms with Crippen molar-refractivity contribution in [2.24, 2.45) is 0 Å². The van der Waals surface area contributed by atoms with Crippen molar-refractivity contribution >= 4 is 0 Å². The van der Waals surface area contributed by atoms with Gasteiger partial charge in [-0.3, -0.25) is 19.9 Å². The zero-order chi connectivity index (χ0) is 21.0. The number of hydrogen-bond donors (Lipinski definition) is 0. The van der Waals surface area contributed by atoms with Gasteiger partial charge in [0.25, 0.3) is 0 Å². The highest BCUT2D eigenvalue weighted by molar-refractivity contribution is 5.76. The first-order valence-corrected chi connectivity index (χ1v) is 10.0. The van der Waals surface area contributed by atoms with Crippen molar-refractivity contribution in [2.45, 2.75) is 6.92 Å². The van der Waals surface area contributed by atoms with Crippen LogP contribution in [0, 0.1) is 6.92 Å². The molecule has 5 aromatic heterocycles. The second-order valence-corrected chi connectivity index (χ2v) is 7.20. The normalized spacial score (nSPS) is 10.7. The van der Waals surface area contributed by atoms with Gasteiger partial charge in [0.1, 0.15) is 0 Å². The summed E-state index contributed by atoms with van der Waals surface area (Å²) in [7, 11) is 0. The molecule has 0 fully saturated rings. The van der Waals surface area contributed by atoms with Gasteiger partial charge < -0.3 is 0 Å². The Morgan fingerprint density at radius 2 is 1.00 bits per heavy atom. The molecule has 0 aromatic carbocycles. The van der Waals surface area contributed by atoms with E-state index in [0.717, 1.165) is 50.9 Å². The maximum atomic E-state index is 4.84. The van der Waals surface area contributed by atoms with E-state index in [0.29, 0.717) is 0 Å². The summed E-state index contributed by atoms with van der Waals surface area (Å²) in [6, 6.07) is 23.8. The standard InChI is InChI=1S/C26H19N5/c1-18-8-12-29-23(14-18)24-15-19(9-13-30-24)20-16-25(21-6-2-4-10-27-21)31-26(17-20)22-7-3-5-11-28-22/h2-17H,1H3. The minimum absolute atomic E-state index is 0.797. The molecule has 0 saturated heterocycles. The number of aromatic nitrogens is 5. The topological polar surface area (TPSA) is 64.5 Å². The molecule has 5 aromatic rings. The molecule has 0 bridgehead atoms. The minimum Gasteiger partial charge on any atom is -0.255 e. The Balaban J connectivity index is 1.66. The van der Waals surface area contributed by atoms with E-state index in [1.807, 2.05) is 67.0 Å². The van der Waals surface area contributed by atoms with Gasteiger partial charge in [-0.1, -0.05) is 12.1 Å². The molecule has 5 heteroatoms. The molecule has 0 aliphatic rings. The van der Waals surface area contributed by atoms with E-state index in [-0.39, 0.29) is 0 Å². The first-order chi connectivity index (χ1) is 15.3.